The maximum Gasteiger partial charge on any atom is 0.223 e. The van der Waals surface area contributed by atoms with Crippen LogP contribution in [0.1, 0.15) is 43.0 Å². The lowest BCUT2D eigenvalue weighted by Crippen LogP contribution is -2.37. The van der Waals surface area contributed by atoms with Gasteiger partial charge in [0.1, 0.15) is 0 Å². The smallest absolute Gasteiger partial charge is 0.223 e. The van der Waals surface area contributed by atoms with Crippen LogP contribution in [0.3, 0.4) is 0 Å². The Morgan fingerprint density at radius 1 is 1.19 bits per heavy atom. The third-order valence-electron chi connectivity index (χ3n) is 6.17. The summed E-state index contributed by atoms with van der Waals surface area (Å²) in [4.78, 5) is 13.1. The lowest BCUT2D eigenvalue weighted by atomic mass is 10.0. The molecule has 2 aromatic heterocycles. The number of anilines is 1. The van der Waals surface area contributed by atoms with Gasteiger partial charge in [0.15, 0.2) is 0 Å². The predicted molar refractivity (Wildman–Crippen MR) is 135 cm³/mol. The fourth-order valence-electron chi connectivity index (χ4n) is 4.30. The Kier molecular flexibility index (Phi) is 8.65. The summed E-state index contributed by atoms with van der Waals surface area (Å²) in [7, 11) is 0. The van der Waals surface area contributed by atoms with Crippen molar-refractivity contribution in [3.8, 4) is 11.3 Å². The Morgan fingerprint density at radius 3 is 2.97 bits per heavy atom. The first-order valence-electron chi connectivity index (χ1n) is 11.9. The highest BCUT2D eigenvalue weighted by atomic mass is 32.1. The zero-order chi connectivity index (χ0) is 22.0. The molecule has 1 fully saturated rings. The quantitative estimate of drug-likeness (QED) is 0.421. The van der Waals surface area contributed by atoms with Gasteiger partial charge in [-0.15, -0.1) is 11.3 Å². The van der Waals surface area contributed by atoms with Gasteiger partial charge >= 0.3 is 0 Å². The average Bonchev–Trinajstić information content (AvgIpc) is 3.36. The van der Waals surface area contributed by atoms with Gasteiger partial charge in [0, 0.05) is 35.8 Å². The Balaban J connectivity index is 1.34. The SMILES string of the molecule is CCN(CCC1CCCCN1)Cc1cccc(-c2ccnc(NCCc3cccs3)n2)c1. The van der Waals surface area contributed by atoms with Crippen LogP contribution in [0.25, 0.3) is 11.3 Å². The van der Waals surface area contributed by atoms with Gasteiger partial charge in [0.05, 0.1) is 5.69 Å². The van der Waals surface area contributed by atoms with E-state index in [4.69, 9.17) is 4.98 Å². The summed E-state index contributed by atoms with van der Waals surface area (Å²) in [6, 6.07) is 15.7. The number of nitrogens with zero attached hydrogens (tertiary/aromatic N) is 3. The summed E-state index contributed by atoms with van der Waals surface area (Å²) < 4.78 is 0. The zero-order valence-corrected chi connectivity index (χ0v) is 19.9. The van der Waals surface area contributed by atoms with Gasteiger partial charge in [0.25, 0.3) is 0 Å². The Hall–Kier alpha value is -2.28. The maximum atomic E-state index is 4.76. The Labute approximate surface area is 196 Å². The second-order valence-electron chi connectivity index (χ2n) is 8.53. The van der Waals surface area contributed by atoms with Gasteiger partial charge in [-0.1, -0.05) is 37.6 Å². The van der Waals surface area contributed by atoms with Crippen molar-refractivity contribution in [2.24, 2.45) is 0 Å². The number of benzene rings is 1. The van der Waals surface area contributed by atoms with Crippen molar-refractivity contribution in [3.63, 3.8) is 0 Å². The van der Waals surface area contributed by atoms with Crippen LogP contribution in [-0.4, -0.2) is 47.1 Å². The number of hydrogen-bond acceptors (Lipinski definition) is 6. The first-order chi connectivity index (χ1) is 15.8. The summed E-state index contributed by atoms with van der Waals surface area (Å²) in [5.74, 6) is 0.694. The highest BCUT2D eigenvalue weighted by Crippen LogP contribution is 2.20. The highest BCUT2D eigenvalue weighted by molar-refractivity contribution is 7.09. The van der Waals surface area contributed by atoms with E-state index in [0.717, 1.165) is 43.9 Å². The number of thiophene rings is 1. The fourth-order valence-corrected chi connectivity index (χ4v) is 5.01. The Morgan fingerprint density at radius 2 is 2.16 bits per heavy atom. The van der Waals surface area contributed by atoms with Crippen LogP contribution in [0.15, 0.2) is 54.0 Å². The van der Waals surface area contributed by atoms with Gasteiger partial charge in [0.2, 0.25) is 5.95 Å². The largest absolute Gasteiger partial charge is 0.354 e. The van der Waals surface area contributed by atoms with E-state index >= 15 is 0 Å². The van der Waals surface area contributed by atoms with E-state index in [0.29, 0.717) is 12.0 Å². The van der Waals surface area contributed by atoms with Crippen molar-refractivity contribution < 1.29 is 0 Å². The molecular formula is C26H35N5S. The molecule has 1 unspecified atom stereocenters. The molecule has 5 nitrogen and oxygen atoms in total. The third kappa shape index (κ3) is 6.86. The van der Waals surface area contributed by atoms with E-state index < -0.39 is 0 Å². The summed E-state index contributed by atoms with van der Waals surface area (Å²) in [6.45, 7) is 7.48. The number of aromatic nitrogens is 2. The first kappa shape index (κ1) is 22.9. The number of nitrogens with one attached hydrogen (secondary N) is 2. The molecule has 1 aliphatic heterocycles. The number of hydrogen-bond donors (Lipinski definition) is 2. The zero-order valence-electron chi connectivity index (χ0n) is 19.1. The number of rotatable bonds is 11. The molecule has 170 valence electrons. The third-order valence-corrected chi connectivity index (χ3v) is 7.11. The van der Waals surface area contributed by atoms with Gasteiger partial charge in [-0.3, -0.25) is 4.90 Å². The molecule has 0 saturated carbocycles. The van der Waals surface area contributed by atoms with Crippen LogP contribution in [0.5, 0.6) is 0 Å². The van der Waals surface area contributed by atoms with Gasteiger partial charge in [-0.05, 0) is 74.5 Å². The molecular weight excluding hydrogens is 414 g/mol. The standard InChI is InChI=1S/C26H35N5S/c1-2-31(17-13-23-9-3-4-14-27-23)20-21-7-5-8-22(19-21)25-12-16-29-26(30-25)28-15-11-24-10-6-18-32-24/h5-8,10,12,16,18-19,23,27H,2-4,9,11,13-15,17,20H2,1H3,(H,28,29,30). The molecule has 0 radical (unpaired) electrons. The molecule has 6 heteroatoms. The minimum atomic E-state index is 0.691. The number of piperidine rings is 1. The van der Waals surface area contributed by atoms with Gasteiger partial charge in [-0.2, -0.15) is 0 Å². The molecule has 1 aliphatic rings. The van der Waals surface area contributed by atoms with E-state index in [1.807, 2.05) is 12.3 Å². The molecule has 1 atom stereocenters. The molecule has 0 aliphatic carbocycles. The van der Waals surface area contributed by atoms with Crippen molar-refractivity contribution in [1.29, 1.82) is 0 Å². The van der Waals surface area contributed by atoms with Gasteiger partial charge in [-0.25, -0.2) is 9.97 Å². The average molecular weight is 450 g/mol. The molecule has 0 amide bonds. The summed E-state index contributed by atoms with van der Waals surface area (Å²) in [6.07, 6.45) is 8.09. The monoisotopic (exact) mass is 449 g/mol. The van der Waals surface area contributed by atoms with E-state index in [9.17, 15) is 0 Å². The second-order valence-corrected chi connectivity index (χ2v) is 9.56. The van der Waals surface area contributed by atoms with Crippen molar-refractivity contribution >= 4 is 17.3 Å². The summed E-state index contributed by atoms with van der Waals surface area (Å²) in [5, 5.41) is 9.16. The molecule has 3 heterocycles. The molecule has 1 saturated heterocycles. The normalized spacial score (nSPS) is 16.4. The minimum Gasteiger partial charge on any atom is -0.354 e. The van der Waals surface area contributed by atoms with Crippen LogP contribution in [0.4, 0.5) is 5.95 Å². The summed E-state index contributed by atoms with van der Waals surface area (Å²) in [5.41, 5.74) is 3.46. The van der Waals surface area contributed by atoms with Crippen molar-refractivity contribution in [1.82, 2.24) is 20.2 Å². The van der Waals surface area contributed by atoms with Crippen LogP contribution >= 0.6 is 11.3 Å². The van der Waals surface area contributed by atoms with E-state index in [1.54, 1.807) is 11.3 Å². The van der Waals surface area contributed by atoms with E-state index in [1.165, 1.54) is 42.7 Å². The van der Waals surface area contributed by atoms with Crippen molar-refractivity contribution in [2.45, 2.75) is 51.6 Å². The molecule has 0 bridgehead atoms. The molecule has 0 spiro atoms. The second kappa shape index (κ2) is 12.1. The lowest BCUT2D eigenvalue weighted by molar-refractivity contribution is 0.249. The molecule has 1 aromatic carbocycles. The molecule has 32 heavy (non-hydrogen) atoms. The Bertz CT molecular complexity index is 937. The van der Waals surface area contributed by atoms with Crippen molar-refractivity contribution in [3.05, 3.63) is 64.5 Å². The fraction of sp³-hybridized carbons (Fsp3) is 0.462. The van der Waals surface area contributed by atoms with Crippen LogP contribution < -0.4 is 10.6 Å². The highest BCUT2D eigenvalue weighted by Gasteiger charge is 2.14. The molecule has 2 N–H and O–H groups in total. The van der Waals surface area contributed by atoms with Crippen LogP contribution in [0, 0.1) is 0 Å². The van der Waals surface area contributed by atoms with Crippen molar-refractivity contribution in [2.75, 3.05) is 31.5 Å². The minimum absolute atomic E-state index is 0.691. The predicted octanol–water partition coefficient (Wildman–Crippen LogP) is 5.21. The topological polar surface area (TPSA) is 53.1 Å². The maximum absolute atomic E-state index is 4.76. The molecule has 4 rings (SSSR count). The van der Waals surface area contributed by atoms with Crippen LogP contribution in [-0.2, 0) is 13.0 Å². The van der Waals surface area contributed by atoms with E-state index in [2.05, 4.69) is 69.2 Å². The first-order valence-corrected chi connectivity index (χ1v) is 12.8. The summed E-state index contributed by atoms with van der Waals surface area (Å²) >= 11 is 1.79. The van der Waals surface area contributed by atoms with E-state index in [-0.39, 0.29) is 0 Å². The van der Waals surface area contributed by atoms with Gasteiger partial charge < -0.3 is 10.6 Å². The lowest BCUT2D eigenvalue weighted by Gasteiger charge is -2.27. The van der Waals surface area contributed by atoms with Crippen LogP contribution in [0.2, 0.25) is 0 Å². The molecule has 3 aromatic rings.